The molecule has 20 heavy (non-hydrogen) atoms. The smallest absolute Gasteiger partial charge is 0.313 e. The zero-order chi connectivity index (χ0) is 15.1. The molecule has 0 bridgehead atoms. The number of carbonyl (C=O) groups excluding carboxylic acids is 2. The van der Waals surface area contributed by atoms with E-state index < -0.39 is 11.8 Å². The molecular weight excluding hydrogens is 303 g/mol. The standard InChI is InChI=1S/C13H16Cl2N2O3/c1-8(3-2-6-18)16-12(19)13(20)17-11-7-9(14)4-5-10(11)15/h4-5,7-8,18H,2-3,6H2,1H3,(H,16,19)(H,17,20). The third kappa shape index (κ3) is 5.36. The molecule has 0 heterocycles. The third-order valence-electron chi connectivity index (χ3n) is 2.56. The van der Waals surface area contributed by atoms with E-state index in [1.54, 1.807) is 13.0 Å². The molecule has 0 radical (unpaired) electrons. The summed E-state index contributed by atoms with van der Waals surface area (Å²) in [7, 11) is 0. The van der Waals surface area contributed by atoms with Crippen LogP contribution < -0.4 is 10.6 Å². The van der Waals surface area contributed by atoms with E-state index in [2.05, 4.69) is 10.6 Å². The Labute approximate surface area is 127 Å². The number of aliphatic hydroxyl groups is 1. The van der Waals surface area contributed by atoms with Gasteiger partial charge in [-0.3, -0.25) is 9.59 Å². The highest BCUT2D eigenvalue weighted by Gasteiger charge is 2.17. The van der Waals surface area contributed by atoms with Crippen molar-refractivity contribution < 1.29 is 14.7 Å². The van der Waals surface area contributed by atoms with Crippen molar-refractivity contribution in [1.82, 2.24) is 5.32 Å². The molecule has 0 aliphatic rings. The molecular formula is C13H16Cl2N2O3. The van der Waals surface area contributed by atoms with E-state index in [1.807, 2.05) is 0 Å². The Balaban J connectivity index is 2.57. The quantitative estimate of drug-likeness (QED) is 0.728. The Morgan fingerprint density at radius 2 is 2.00 bits per heavy atom. The molecule has 2 amide bonds. The van der Waals surface area contributed by atoms with Crippen LogP contribution in [0.25, 0.3) is 0 Å². The van der Waals surface area contributed by atoms with Gasteiger partial charge < -0.3 is 15.7 Å². The van der Waals surface area contributed by atoms with Crippen molar-refractivity contribution >= 4 is 40.7 Å². The number of hydrogen-bond acceptors (Lipinski definition) is 3. The first-order valence-corrected chi connectivity index (χ1v) is 6.87. The Morgan fingerprint density at radius 3 is 2.65 bits per heavy atom. The van der Waals surface area contributed by atoms with Crippen molar-refractivity contribution in [1.29, 1.82) is 0 Å². The van der Waals surface area contributed by atoms with Gasteiger partial charge in [0.25, 0.3) is 0 Å². The van der Waals surface area contributed by atoms with Gasteiger partial charge in [-0.05, 0) is 38.0 Å². The van der Waals surface area contributed by atoms with Crippen molar-refractivity contribution in [3.63, 3.8) is 0 Å². The summed E-state index contributed by atoms with van der Waals surface area (Å²) in [5.74, 6) is -1.57. The second-order valence-corrected chi connectivity index (χ2v) is 5.16. The minimum absolute atomic E-state index is 0.0462. The lowest BCUT2D eigenvalue weighted by Crippen LogP contribution is -2.40. The number of nitrogens with one attached hydrogen (secondary N) is 2. The van der Waals surface area contributed by atoms with Gasteiger partial charge in [0.1, 0.15) is 0 Å². The van der Waals surface area contributed by atoms with Crippen molar-refractivity contribution in [3.8, 4) is 0 Å². The molecule has 1 unspecified atom stereocenters. The molecule has 0 saturated heterocycles. The fraction of sp³-hybridized carbons (Fsp3) is 0.385. The molecule has 1 aromatic carbocycles. The molecule has 0 aliphatic carbocycles. The molecule has 1 atom stereocenters. The summed E-state index contributed by atoms with van der Waals surface area (Å²) >= 11 is 11.7. The predicted molar refractivity (Wildman–Crippen MR) is 79.0 cm³/mol. The summed E-state index contributed by atoms with van der Waals surface area (Å²) in [6.07, 6.45) is 1.15. The molecule has 7 heteroatoms. The Kier molecular flexibility index (Phi) is 6.78. The second kappa shape index (κ2) is 8.09. The maximum Gasteiger partial charge on any atom is 0.313 e. The molecule has 0 aliphatic heterocycles. The minimum atomic E-state index is -0.815. The summed E-state index contributed by atoms with van der Waals surface area (Å²) in [6.45, 7) is 1.80. The van der Waals surface area contributed by atoms with Gasteiger partial charge in [-0.2, -0.15) is 0 Å². The topological polar surface area (TPSA) is 78.4 Å². The number of carbonyl (C=O) groups is 2. The SMILES string of the molecule is CC(CCCO)NC(=O)C(=O)Nc1cc(Cl)ccc1Cl. The summed E-state index contributed by atoms with van der Waals surface area (Å²) in [5.41, 5.74) is 0.280. The molecule has 3 N–H and O–H groups in total. The van der Waals surface area contributed by atoms with Crippen LogP contribution in [0.5, 0.6) is 0 Å². The van der Waals surface area contributed by atoms with E-state index in [0.717, 1.165) is 0 Å². The average Bonchev–Trinajstić information content (AvgIpc) is 2.40. The van der Waals surface area contributed by atoms with Crippen LogP contribution in [0.4, 0.5) is 5.69 Å². The van der Waals surface area contributed by atoms with Gasteiger partial charge in [-0.15, -0.1) is 0 Å². The lowest BCUT2D eigenvalue weighted by Gasteiger charge is -2.13. The average molecular weight is 319 g/mol. The van der Waals surface area contributed by atoms with Gasteiger partial charge in [0.05, 0.1) is 10.7 Å². The van der Waals surface area contributed by atoms with Crippen molar-refractivity contribution in [2.75, 3.05) is 11.9 Å². The monoisotopic (exact) mass is 318 g/mol. The highest BCUT2D eigenvalue weighted by molar-refractivity contribution is 6.42. The Hall–Kier alpha value is -1.30. The lowest BCUT2D eigenvalue weighted by atomic mass is 10.2. The number of aliphatic hydroxyl groups excluding tert-OH is 1. The maximum atomic E-state index is 11.7. The number of hydrogen-bond donors (Lipinski definition) is 3. The molecule has 1 aromatic rings. The van der Waals surface area contributed by atoms with E-state index in [-0.39, 0.29) is 18.3 Å². The fourth-order valence-corrected chi connectivity index (χ4v) is 1.87. The first-order chi connectivity index (χ1) is 9.43. The van der Waals surface area contributed by atoms with Gasteiger partial charge >= 0.3 is 11.8 Å². The van der Waals surface area contributed by atoms with Crippen LogP contribution in [0, 0.1) is 0 Å². The molecule has 0 saturated carbocycles. The van der Waals surface area contributed by atoms with E-state index in [0.29, 0.717) is 22.9 Å². The number of rotatable bonds is 5. The Bertz CT molecular complexity index is 495. The molecule has 1 rings (SSSR count). The van der Waals surface area contributed by atoms with E-state index in [4.69, 9.17) is 28.3 Å². The molecule has 110 valence electrons. The lowest BCUT2D eigenvalue weighted by molar-refractivity contribution is -0.136. The first-order valence-electron chi connectivity index (χ1n) is 6.11. The zero-order valence-corrected chi connectivity index (χ0v) is 12.5. The van der Waals surface area contributed by atoms with Crippen LogP contribution >= 0.6 is 23.2 Å². The van der Waals surface area contributed by atoms with Gasteiger partial charge in [0.2, 0.25) is 0 Å². The summed E-state index contributed by atoms with van der Waals surface area (Å²) in [6, 6.07) is 4.37. The zero-order valence-electron chi connectivity index (χ0n) is 11.0. The van der Waals surface area contributed by atoms with Crippen molar-refractivity contribution in [2.45, 2.75) is 25.8 Å². The summed E-state index contributed by atoms with van der Waals surface area (Å²) in [4.78, 5) is 23.4. The van der Waals surface area contributed by atoms with Crippen molar-refractivity contribution in [2.24, 2.45) is 0 Å². The van der Waals surface area contributed by atoms with Gasteiger partial charge in [-0.1, -0.05) is 23.2 Å². The summed E-state index contributed by atoms with van der Waals surface area (Å²) < 4.78 is 0. The van der Waals surface area contributed by atoms with Crippen LogP contribution in [0.3, 0.4) is 0 Å². The fourth-order valence-electron chi connectivity index (χ4n) is 1.53. The minimum Gasteiger partial charge on any atom is -0.396 e. The van der Waals surface area contributed by atoms with E-state index >= 15 is 0 Å². The van der Waals surface area contributed by atoms with Crippen LogP contribution in [0.2, 0.25) is 10.0 Å². The van der Waals surface area contributed by atoms with E-state index in [1.165, 1.54) is 12.1 Å². The van der Waals surface area contributed by atoms with Gasteiger partial charge in [0, 0.05) is 17.7 Å². The van der Waals surface area contributed by atoms with E-state index in [9.17, 15) is 9.59 Å². The van der Waals surface area contributed by atoms with Crippen LogP contribution in [-0.2, 0) is 9.59 Å². The predicted octanol–water partition coefficient (Wildman–Crippen LogP) is 2.21. The largest absolute Gasteiger partial charge is 0.396 e. The third-order valence-corrected chi connectivity index (χ3v) is 3.12. The molecule has 5 nitrogen and oxygen atoms in total. The van der Waals surface area contributed by atoms with Crippen molar-refractivity contribution in [3.05, 3.63) is 28.2 Å². The highest BCUT2D eigenvalue weighted by Crippen LogP contribution is 2.25. The molecule has 0 fully saturated rings. The number of benzene rings is 1. The second-order valence-electron chi connectivity index (χ2n) is 4.32. The maximum absolute atomic E-state index is 11.7. The van der Waals surface area contributed by atoms with Crippen LogP contribution in [0.1, 0.15) is 19.8 Å². The number of anilines is 1. The summed E-state index contributed by atoms with van der Waals surface area (Å²) in [5, 5.41) is 14.3. The molecule has 0 aromatic heterocycles. The van der Waals surface area contributed by atoms with Gasteiger partial charge in [0.15, 0.2) is 0 Å². The first kappa shape index (κ1) is 16.8. The number of amides is 2. The molecule has 0 spiro atoms. The van der Waals surface area contributed by atoms with Gasteiger partial charge in [-0.25, -0.2) is 0 Å². The Morgan fingerprint density at radius 1 is 1.30 bits per heavy atom. The van der Waals surface area contributed by atoms with Crippen LogP contribution in [0.15, 0.2) is 18.2 Å². The normalized spacial score (nSPS) is 11.8. The number of halogens is 2. The van der Waals surface area contributed by atoms with Crippen LogP contribution in [-0.4, -0.2) is 29.6 Å². The highest BCUT2D eigenvalue weighted by atomic mass is 35.5.